The van der Waals surface area contributed by atoms with Crippen LogP contribution >= 0.6 is 0 Å². The van der Waals surface area contributed by atoms with Crippen molar-refractivity contribution in [3.8, 4) is 0 Å². The highest BCUT2D eigenvalue weighted by Gasteiger charge is 2.24. The molecule has 28 heavy (non-hydrogen) atoms. The average Bonchev–Trinajstić information content (AvgIpc) is 3.01. The van der Waals surface area contributed by atoms with E-state index in [4.69, 9.17) is 9.47 Å². The molecule has 1 aliphatic rings. The molecule has 0 bridgehead atoms. The Morgan fingerprint density at radius 2 is 2.04 bits per heavy atom. The third-order valence-electron chi connectivity index (χ3n) is 5.23. The topological polar surface area (TPSA) is 87.7 Å². The summed E-state index contributed by atoms with van der Waals surface area (Å²) in [4.78, 5) is 21.6. The maximum Gasteiger partial charge on any atom is 0.354 e. The number of H-pyrrole nitrogens is 1. The lowest BCUT2D eigenvalue weighted by Gasteiger charge is -2.35. The number of methoxy groups -OCH3 is 1. The lowest BCUT2D eigenvalue weighted by Crippen LogP contribution is -2.44. The zero-order valence-electron chi connectivity index (χ0n) is 16.4. The van der Waals surface area contributed by atoms with E-state index >= 15 is 0 Å². The van der Waals surface area contributed by atoms with Crippen molar-refractivity contribution >= 4 is 27.8 Å². The van der Waals surface area contributed by atoms with Gasteiger partial charge in [0.2, 0.25) is 0 Å². The Kier molecular flexibility index (Phi) is 5.05. The normalized spacial score (nSPS) is 20.8. The molecule has 3 heterocycles. The van der Waals surface area contributed by atoms with Crippen LogP contribution in [0.5, 0.6) is 0 Å². The van der Waals surface area contributed by atoms with Crippen molar-refractivity contribution in [2.24, 2.45) is 0 Å². The van der Waals surface area contributed by atoms with E-state index in [0.717, 1.165) is 47.0 Å². The summed E-state index contributed by atoms with van der Waals surface area (Å²) >= 11 is 0. The molecule has 1 aromatic carbocycles. The molecule has 2 N–H and O–H groups in total. The summed E-state index contributed by atoms with van der Waals surface area (Å²) in [6.45, 7) is 6.90. The summed E-state index contributed by atoms with van der Waals surface area (Å²) in [5.41, 5.74) is 3.60. The van der Waals surface area contributed by atoms with Crippen LogP contribution in [0.1, 0.15) is 35.5 Å². The van der Waals surface area contributed by atoms with Crippen LogP contribution in [0.3, 0.4) is 0 Å². The second-order valence-electron chi connectivity index (χ2n) is 7.53. The van der Waals surface area contributed by atoms with Crippen molar-refractivity contribution in [1.29, 1.82) is 0 Å². The first-order valence-corrected chi connectivity index (χ1v) is 9.49. The Labute approximate surface area is 163 Å². The summed E-state index contributed by atoms with van der Waals surface area (Å²) in [5, 5.41) is 11.5. The molecular weight excluding hydrogens is 358 g/mol. The van der Waals surface area contributed by atoms with Crippen LogP contribution in [0.25, 0.3) is 21.8 Å². The van der Waals surface area contributed by atoms with Gasteiger partial charge in [0, 0.05) is 48.6 Å². The summed E-state index contributed by atoms with van der Waals surface area (Å²) in [7, 11) is 1.57. The number of morpholine rings is 1. The van der Waals surface area contributed by atoms with Gasteiger partial charge in [0.05, 0.1) is 30.5 Å². The van der Waals surface area contributed by atoms with E-state index in [1.165, 1.54) is 0 Å². The number of carbonyl (C=O) groups is 1. The van der Waals surface area contributed by atoms with Gasteiger partial charge in [0.1, 0.15) is 0 Å². The second kappa shape index (κ2) is 7.50. The monoisotopic (exact) mass is 383 g/mol. The molecule has 0 saturated carbocycles. The summed E-state index contributed by atoms with van der Waals surface area (Å²) < 4.78 is 11.2. The predicted octanol–water partition coefficient (Wildman–Crippen LogP) is 3.17. The average molecular weight is 383 g/mol. The minimum absolute atomic E-state index is 0.0404. The van der Waals surface area contributed by atoms with Crippen LogP contribution in [0.4, 0.5) is 0 Å². The number of carboxylic acids is 1. The number of fused-ring (bicyclic) bond motifs is 3. The molecule has 1 aliphatic heterocycles. The zero-order chi connectivity index (χ0) is 19.8. The molecule has 7 heteroatoms. The van der Waals surface area contributed by atoms with E-state index in [-0.39, 0.29) is 24.5 Å². The number of carboxylic acid groups (broad SMARTS) is 1. The zero-order valence-corrected chi connectivity index (χ0v) is 16.4. The van der Waals surface area contributed by atoms with Crippen molar-refractivity contribution in [3.05, 3.63) is 41.2 Å². The van der Waals surface area contributed by atoms with Crippen molar-refractivity contribution in [2.45, 2.75) is 39.2 Å². The Morgan fingerprint density at radius 3 is 2.71 bits per heavy atom. The first-order chi connectivity index (χ1) is 13.5. The summed E-state index contributed by atoms with van der Waals surface area (Å²) in [6, 6.07) is 6.15. The van der Waals surface area contributed by atoms with E-state index in [1.54, 1.807) is 13.3 Å². The van der Waals surface area contributed by atoms with Gasteiger partial charge in [-0.05, 0) is 25.5 Å². The van der Waals surface area contributed by atoms with Gasteiger partial charge in [-0.1, -0.05) is 12.1 Å². The van der Waals surface area contributed by atoms with Crippen LogP contribution in [0.15, 0.2) is 24.4 Å². The van der Waals surface area contributed by atoms with Crippen molar-refractivity contribution in [2.75, 3.05) is 20.2 Å². The molecule has 0 spiro atoms. The fraction of sp³-hybridized carbons (Fsp3) is 0.429. The number of aromatic carboxylic acids is 1. The second-order valence-corrected chi connectivity index (χ2v) is 7.53. The molecule has 2 atom stereocenters. The van der Waals surface area contributed by atoms with Gasteiger partial charge in [-0.25, -0.2) is 9.78 Å². The third kappa shape index (κ3) is 3.37. The number of aromatic amines is 1. The molecule has 1 saturated heterocycles. The van der Waals surface area contributed by atoms with Gasteiger partial charge in [-0.3, -0.25) is 4.90 Å². The first-order valence-electron chi connectivity index (χ1n) is 9.49. The molecule has 4 rings (SSSR count). The Hall–Kier alpha value is -2.48. The molecule has 7 nitrogen and oxygen atoms in total. The number of pyridine rings is 1. The highest BCUT2D eigenvalue weighted by molar-refractivity contribution is 6.12. The van der Waals surface area contributed by atoms with Gasteiger partial charge in [-0.15, -0.1) is 0 Å². The van der Waals surface area contributed by atoms with E-state index in [0.29, 0.717) is 5.56 Å². The number of nitrogens with zero attached hydrogens (tertiary/aromatic N) is 2. The molecule has 148 valence electrons. The van der Waals surface area contributed by atoms with E-state index in [2.05, 4.69) is 34.8 Å². The third-order valence-corrected chi connectivity index (χ3v) is 5.23. The molecule has 3 aromatic rings. The number of nitrogens with one attached hydrogen (secondary N) is 1. The van der Waals surface area contributed by atoms with Gasteiger partial charge in [-0.2, -0.15) is 0 Å². The number of ether oxygens (including phenoxy) is 2. The lowest BCUT2D eigenvalue weighted by molar-refractivity contribution is -0.0703. The molecule has 1 fully saturated rings. The van der Waals surface area contributed by atoms with Crippen LogP contribution < -0.4 is 0 Å². The number of rotatable bonds is 5. The summed E-state index contributed by atoms with van der Waals surface area (Å²) in [6.07, 6.45) is 1.98. The highest BCUT2D eigenvalue weighted by atomic mass is 16.5. The quantitative estimate of drug-likeness (QED) is 0.704. The number of aromatic nitrogens is 2. The van der Waals surface area contributed by atoms with Gasteiger partial charge >= 0.3 is 5.97 Å². The van der Waals surface area contributed by atoms with Crippen LogP contribution in [0.2, 0.25) is 0 Å². The van der Waals surface area contributed by atoms with E-state index in [1.807, 2.05) is 12.1 Å². The fourth-order valence-corrected chi connectivity index (χ4v) is 4.33. The SMILES string of the molecule is COCc1c(C(=O)O)ncc2[nH]c3cccc(CN4CC(C)OC(C)C4)c3c12. The van der Waals surface area contributed by atoms with Crippen molar-refractivity contribution in [3.63, 3.8) is 0 Å². The largest absolute Gasteiger partial charge is 0.477 e. The summed E-state index contributed by atoms with van der Waals surface area (Å²) in [5.74, 6) is -1.04. The van der Waals surface area contributed by atoms with E-state index < -0.39 is 5.97 Å². The molecule has 0 amide bonds. The van der Waals surface area contributed by atoms with Crippen LogP contribution in [-0.2, 0) is 22.6 Å². The minimum Gasteiger partial charge on any atom is -0.477 e. The van der Waals surface area contributed by atoms with Crippen LogP contribution in [0, 0.1) is 0 Å². The molecular formula is C21H25N3O4. The molecule has 2 aromatic heterocycles. The van der Waals surface area contributed by atoms with Crippen LogP contribution in [-0.4, -0.2) is 58.4 Å². The maximum atomic E-state index is 11.7. The Balaban J connectivity index is 1.87. The van der Waals surface area contributed by atoms with E-state index in [9.17, 15) is 9.90 Å². The predicted molar refractivity (Wildman–Crippen MR) is 107 cm³/mol. The fourth-order valence-electron chi connectivity index (χ4n) is 4.33. The molecule has 0 radical (unpaired) electrons. The maximum absolute atomic E-state index is 11.7. The number of hydrogen-bond donors (Lipinski definition) is 2. The standard InChI is InChI=1S/C21H25N3O4/c1-12-8-24(9-13(2)28-12)10-14-5-4-6-16-18(14)19-15(11-27-3)20(21(25)26)22-7-17(19)23-16/h4-7,12-13,23H,8-11H2,1-3H3,(H,25,26). The van der Waals surface area contributed by atoms with Gasteiger partial charge < -0.3 is 19.6 Å². The van der Waals surface area contributed by atoms with Crippen molar-refractivity contribution in [1.82, 2.24) is 14.9 Å². The Bertz CT molecular complexity index is 1020. The number of benzene rings is 1. The van der Waals surface area contributed by atoms with Crippen molar-refractivity contribution < 1.29 is 19.4 Å². The first kappa shape index (κ1) is 18.9. The Morgan fingerprint density at radius 1 is 1.29 bits per heavy atom. The molecule has 2 unspecified atom stereocenters. The molecule has 0 aliphatic carbocycles. The highest BCUT2D eigenvalue weighted by Crippen LogP contribution is 2.33. The van der Waals surface area contributed by atoms with Gasteiger partial charge in [0.25, 0.3) is 0 Å². The minimum atomic E-state index is -1.04. The smallest absolute Gasteiger partial charge is 0.354 e. The lowest BCUT2D eigenvalue weighted by atomic mass is 10.0. The van der Waals surface area contributed by atoms with Gasteiger partial charge in [0.15, 0.2) is 5.69 Å². The number of hydrogen-bond acceptors (Lipinski definition) is 5.